The summed E-state index contributed by atoms with van der Waals surface area (Å²) in [4.78, 5) is 32.8. The van der Waals surface area contributed by atoms with Crippen LogP contribution >= 0.6 is 11.6 Å². The lowest BCUT2D eigenvalue weighted by Gasteiger charge is -2.31. The minimum Gasteiger partial charge on any atom is -0.497 e. The van der Waals surface area contributed by atoms with Gasteiger partial charge in [0.1, 0.15) is 11.6 Å². The molecule has 3 rings (SSSR count). The second-order valence-electron chi connectivity index (χ2n) is 8.06. The van der Waals surface area contributed by atoms with E-state index in [0.29, 0.717) is 46.3 Å². The van der Waals surface area contributed by atoms with Gasteiger partial charge in [0.25, 0.3) is 5.56 Å². The van der Waals surface area contributed by atoms with Crippen LogP contribution in [0.1, 0.15) is 39.6 Å². The van der Waals surface area contributed by atoms with Crippen LogP contribution in [0.4, 0.5) is 10.5 Å². The molecule has 0 bridgehead atoms. The van der Waals surface area contributed by atoms with Gasteiger partial charge in [0.05, 0.1) is 24.1 Å². The first-order valence-corrected chi connectivity index (χ1v) is 11.0. The molecule has 1 aromatic heterocycles. The number of fused-ring (bicyclic) bond motifs is 1. The average molecular weight is 457 g/mol. The molecular formula is C24H29ClN4O3. The smallest absolute Gasteiger partial charge is 0.322 e. The van der Waals surface area contributed by atoms with Crippen LogP contribution in [-0.4, -0.2) is 34.1 Å². The molecule has 1 atom stereocenters. The van der Waals surface area contributed by atoms with Crippen molar-refractivity contribution in [3.8, 4) is 5.75 Å². The number of aromatic nitrogens is 2. The Morgan fingerprint density at radius 2 is 1.88 bits per heavy atom. The number of urea groups is 1. The van der Waals surface area contributed by atoms with Gasteiger partial charge >= 0.3 is 6.03 Å². The van der Waals surface area contributed by atoms with E-state index in [4.69, 9.17) is 21.3 Å². The summed E-state index contributed by atoms with van der Waals surface area (Å²) in [5, 5.41) is 3.96. The number of halogens is 1. The van der Waals surface area contributed by atoms with E-state index in [9.17, 15) is 9.59 Å². The van der Waals surface area contributed by atoms with Crippen molar-refractivity contribution in [1.82, 2.24) is 14.5 Å². The number of hydrogen-bond donors (Lipinski definition) is 1. The molecule has 0 aliphatic rings. The molecule has 0 aliphatic heterocycles. The molecular weight excluding hydrogens is 428 g/mol. The molecule has 32 heavy (non-hydrogen) atoms. The number of carbonyl (C=O) groups excluding carboxylic acids is 1. The zero-order valence-corrected chi connectivity index (χ0v) is 19.8. The standard InChI is InChI=1S/C24H29ClN4O3/c1-6-28-22(27-21-13-17(25)7-12-20(21)23(28)30)16(4)29(14-15(2)3)24(31)26-18-8-10-19(32-5)11-9-18/h7-13,15-16H,6,14H2,1-5H3,(H,26,31). The van der Waals surface area contributed by atoms with Crippen LogP contribution in [-0.2, 0) is 6.54 Å². The molecule has 8 heteroatoms. The first-order valence-electron chi connectivity index (χ1n) is 10.7. The minimum atomic E-state index is -0.438. The van der Waals surface area contributed by atoms with Gasteiger partial charge in [-0.1, -0.05) is 25.4 Å². The maximum absolute atomic E-state index is 13.3. The molecule has 1 heterocycles. The summed E-state index contributed by atoms with van der Waals surface area (Å²) in [6, 6.07) is 11.5. The van der Waals surface area contributed by atoms with E-state index >= 15 is 0 Å². The van der Waals surface area contributed by atoms with Gasteiger partial charge in [0, 0.05) is 23.8 Å². The largest absolute Gasteiger partial charge is 0.497 e. The Morgan fingerprint density at radius 3 is 2.47 bits per heavy atom. The number of carbonyl (C=O) groups is 1. The number of benzene rings is 2. The molecule has 1 N–H and O–H groups in total. The number of hydrogen-bond acceptors (Lipinski definition) is 4. The SMILES string of the molecule is CCn1c(C(C)N(CC(C)C)C(=O)Nc2ccc(OC)cc2)nc2cc(Cl)ccc2c1=O. The maximum atomic E-state index is 13.3. The highest BCUT2D eigenvalue weighted by Crippen LogP contribution is 2.24. The van der Waals surface area contributed by atoms with Crippen molar-refractivity contribution in [2.45, 2.75) is 40.3 Å². The molecule has 1 unspecified atom stereocenters. The van der Waals surface area contributed by atoms with E-state index in [1.54, 1.807) is 59.0 Å². The summed E-state index contributed by atoms with van der Waals surface area (Å²) in [7, 11) is 1.59. The number of nitrogens with one attached hydrogen (secondary N) is 1. The molecule has 7 nitrogen and oxygen atoms in total. The van der Waals surface area contributed by atoms with Crippen molar-refractivity contribution < 1.29 is 9.53 Å². The lowest BCUT2D eigenvalue weighted by molar-refractivity contribution is 0.178. The summed E-state index contributed by atoms with van der Waals surface area (Å²) < 4.78 is 6.80. The van der Waals surface area contributed by atoms with Crippen molar-refractivity contribution in [3.63, 3.8) is 0 Å². The fourth-order valence-electron chi connectivity index (χ4n) is 3.66. The van der Waals surface area contributed by atoms with Crippen LogP contribution in [0.3, 0.4) is 0 Å². The van der Waals surface area contributed by atoms with E-state index in [2.05, 4.69) is 5.32 Å². The Labute approximate surface area is 193 Å². The highest BCUT2D eigenvalue weighted by atomic mass is 35.5. The highest BCUT2D eigenvalue weighted by Gasteiger charge is 2.27. The lowest BCUT2D eigenvalue weighted by atomic mass is 10.1. The third-order valence-electron chi connectivity index (χ3n) is 5.27. The van der Waals surface area contributed by atoms with Gasteiger partial charge in [-0.05, 0) is 62.2 Å². The molecule has 0 radical (unpaired) electrons. The van der Waals surface area contributed by atoms with Crippen molar-refractivity contribution in [3.05, 3.63) is 63.7 Å². The number of amides is 2. The molecule has 0 spiro atoms. The van der Waals surface area contributed by atoms with Gasteiger partial charge in [-0.3, -0.25) is 9.36 Å². The summed E-state index contributed by atoms with van der Waals surface area (Å²) in [5.74, 6) is 1.45. The highest BCUT2D eigenvalue weighted by molar-refractivity contribution is 6.31. The summed E-state index contributed by atoms with van der Waals surface area (Å²) in [5.41, 5.74) is 1.04. The predicted octanol–water partition coefficient (Wildman–Crippen LogP) is 5.33. The maximum Gasteiger partial charge on any atom is 0.322 e. The van der Waals surface area contributed by atoms with Crippen LogP contribution in [0.15, 0.2) is 47.3 Å². The Bertz CT molecular complexity index is 1160. The molecule has 3 aromatic rings. The number of anilines is 1. The third kappa shape index (κ3) is 5.05. The van der Waals surface area contributed by atoms with Gasteiger partial charge < -0.3 is 15.0 Å². The first kappa shape index (κ1) is 23.6. The average Bonchev–Trinajstić information content (AvgIpc) is 2.77. The van der Waals surface area contributed by atoms with Crippen LogP contribution in [0, 0.1) is 5.92 Å². The molecule has 170 valence electrons. The first-order chi connectivity index (χ1) is 15.2. The van der Waals surface area contributed by atoms with Gasteiger partial charge in [0.15, 0.2) is 0 Å². The van der Waals surface area contributed by atoms with Gasteiger partial charge in [-0.15, -0.1) is 0 Å². The van der Waals surface area contributed by atoms with Gasteiger partial charge in [-0.25, -0.2) is 9.78 Å². The van der Waals surface area contributed by atoms with Crippen molar-refractivity contribution >= 4 is 34.2 Å². The Kier molecular flexibility index (Phi) is 7.40. The zero-order chi connectivity index (χ0) is 23.4. The van der Waals surface area contributed by atoms with Gasteiger partial charge in [0.2, 0.25) is 0 Å². The van der Waals surface area contributed by atoms with Crippen LogP contribution < -0.4 is 15.6 Å². The number of rotatable bonds is 7. The van der Waals surface area contributed by atoms with Crippen molar-refractivity contribution in [2.24, 2.45) is 5.92 Å². The second-order valence-corrected chi connectivity index (χ2v) is 8.50. The quantitative estimate of drug-likeness (QED) is 0.521. The van der Waals surface area contributed by atoms with Crippen LogP contribution in [0.5, 0.6) is 5.75 Å². The van der Waals surface area contributed by atoms with Gasteiger partial charge in [-0.2, -0.15) is 0 Å². The van der Waals surface area contributed by atoms with Crippen molar-refractivity contribution in [1.29, 1.82) is 0 Å². The second kappa shape index (κ2) is 10.0. The Morgan fingerprint density at radius 1 is 1.19 bits per heavy atom. The number of methoxy groups -OCH3 is 1. The zero-order valence-electron chi connectivity index (χ0n) is 19.1. The van der Waals surface area contributed by atoms with Crippen LogP contribution in [0.2, 0.25) is 5.02 Å². The molecule has 2 aromatic carbocycles. The number of ether oxygens (including phenoxy) is 1. The van der Waals surface area contributed by atoms with E-state index in [-0.39, 0.29) is 17.5 Å². The predicted molar refractivity (Wildman–Crippen MR) is 129 cm³/mol. The minimum absolute atomic E-state index is 0.143. The lowest BCUT2D eigenvalue weighted by Crippen LogP contribution is -2.42. The molecule has 0 fully saturated rings. The van der Waals surface area contributed by atoms with E-state index in [1.165, 1.54) is 0 Å². The normalized spacial score (nSPS) is 12.1. The molecule has 0 saturated carbocycles. The number of nitrogens with zero attached hydrogens (tertiary/aromatic N) is 3. The summed E-state index contributed by atoms with van der Waals surface area (Å²) >= 11 is 6.14. The molecule has 0 aliphatic carbocycles. The van der Waals surface area contributed by atoms with E-state index < -0.39 is 6.04 Å². The fraction of sp³-hybridized carbons (Fsp3) is 0.375. The third-order valence-corrected chi connectivity index (χ3v) is 5.50. The topological polar surface area (TPSA) is 76.5 Å². The van der Waals surface area contributed by atoms with E-state index in [1.807, 2.05) is 27.7 Å². The monoisotopic (exact) mass is 456 g/mol. The van der Waals surface area contributed by atoms with Crippen molar-refractivity contribution in [2.75, 3.05) is 19.0 Å². The molecule has 0 saturated heterocycles. The Hall–Kier alpha value is -3.06. The van der Waals surface area contributed by atoms with E-state index in [0.717, 1.165) is 0 Å². The van der Waals surface area contributed by atoms with Crippen LogP contribution in [0.25, 0.3) is 10.9 Å². The fourth-order valence-corrected chi connectivity index (χ4v) is 3.82. The summed E-state index contributed by atoms with van der Waals surface area (Å²) in [6.07, 6.45) is 0. The molecule has 2 amide bonds. The Balaban J connectivity index is 2.00. The summed E-state index contributed by atoms with van der Waals surface area (Å²) in [6.45, 7) is 8.81.